The first kappa shape index (κ1) is 8.17. The van der Waals surface area contributed by atoms with Crippen LogP contribution in [0.25, 0.3) is 0 Å². The van der Waals surface area contributed by atoms with Gasteiger partial charge in [-0.3, -0.25) is 4.21 Å². The van der Waals surface area contributed by atoms with Gasteiger partial charge in [0.25, 0.3) is 0 Å². The Morgan fingerprint density at radius 2 is 2.30 bits per heavy atom. The predicted octanol–water partition coefficient (Wildman–Crippen LogP) is 0.435. The van der Waals surface area contributed by atoms with E-state index in [1.54, 1.807) is 7.11 Å². The lowest BCUT2D eigenvalue weighted by Gasteiger charge is -2.40. The van der Waals surface area contributed by atoms with Crippen LogP contribution in [0.5, 0.6) is 0 Å². The second-order valence-corrected chi connectivity index (χ2v) is 3.58. The molecule has 0 amide bonds. The van der Waals surface area contributed by atoms with Gasteiger partial charge < -0.3 is 9.29 Å². The Morgan fingerprint density at radius 1 is 1.70 bits per heavy atom. The topological polar surface area (TPSA) is 49.4 Å². The van der Waals surface area contributed by atoms with Gasteiger partial charge in [-0.2, -0.15) is 0 Å². The van der Waals surface area contributed by atoms with Crippen molar-refractivity contribution in [1.29, 1.82) is 0 Å². The number of rotatable bonds is 3. The van der Waals surface area contributed by atoms with E-state index >= 15 is 0 Å². The highest BCUT2D eigenvalue weighted by atomic mass is 32.2. The van der Waals surface area contributed by atoms with Crippen molar-refractivity contribution < 1.29 is 13.5 Å². The second kappa shape index (κ2) is 2.98. The molecule has 0 saturated heterocycles. The molecule has 0 radical (unpaired) electrons. The normalized spacial score (nSPS) is 25.4. The van der Waals surface area contributed by atoms with Crippen molar-refractivity contribution in [2.24, 2.45) is 0 Å². The summed E-state index contributed by atoms with van der Waals surface area (Å²) in [5.74, 6) is 0.156. The van der Waals surface area contributed by atoms with E-state index in [0.29, 0.717) is 0 Å². The number of methoxy groups -OCH3 is 1. The zero-order chi connectivity index (χ0) is 7.61. The SMILES string of the molecule is COC1(CS(=O)[O-])CCC1. The van der Waals surface area contributed by atoms with E-state index in [1.165, 1.54) is 0 Å². The minimum atomic E-state index is -1.96. The third-order valence-electron chi connectivity index (χ3n) is 2.08. The van der Waals surface area contributed by atoms with Gasteiger partial charge in [-0.15, -0.1) is 0 Å². The molecule has 0 bridgehead atoms. The van der Waals surface area contributed by atoms with Gasteiger partial charge in [0.1, 0.15) is 0 Å². The van der Waals surface area contributed by atoms with Gasteiger partial charge in [0.05, 0.1) is 5.60 Å². The Hall–Kier alpha value is 0.0700. The van der Waals surface area contributed by atoms with Crippen molar-refractivity contribution in [1.82, 2.24) is 0 Å². The Bertz CT molecular complexity index is 136. The van der Waals surface area contributed by atoms with Gasteiger partial charge in [0, 0.05) is 12.9 Å². The third-order valence-corrected chi connectivity index (χ3v) is 2.84. The van der Waals surface area contributed by atoms with Gasteiger partial charge in [-0.05, 0) is 19.3 Å². The third kappa shape index (κ3) is 1.56. The maximum absolute atomic E-state index is 10.3. The standard InChI is InChI=1S/C6H12O3S/c1-9-6(3-2-4-6)5-10(7)8/h2-5H2,1H3,(H,7,8)/p-1. The van der Waals surface area contributed by atoms with Gasteiger partial charge in [-0.25, -0.2) is 0 Å². The fourth-order valence-corrected chi connectivity index (χ4v) is 2.03. The molecule has 0 aromatic heterocycles. The van der Waals surface area contributed by atoms with Crippen LogP contribution in [0, 0.1) is 0 Å². The van der Waals surface area contributed by atoms with E-state index in [0.717, 1.165) is 19.3 Å². The van der Waals surface area contributed by atoms with E-state index < -0.39 is 11.1 Å². The molecule has 3 nitrogen and oxygen atoms in total. The van der Waals surface area contributed by atoms with Crippen molar-refractivity contribution in [3.63, 3.8) is 0 Å². The largest absolute Gasteiger partial charge is 0.772 e. The van der Waals surface area contributed by atoms with Crippen LogP contribution in [0.3, 0.4) is 0 Å². The first-order valence-corrected chi connectivity index (χ1v) is 4.54. The molecule has 1 rings (SSSR count). The van der Waals surface area contributed by atoms with Crippen LogP contribution in [0.1, 0.15) is 19.3 Å². The Morgan fingerprint density at radius 3 is 2.40 bits per heavy atom. The maximum atomic E-state index is 10.3. The molecule has 1 atom stereocenters. The molecule has 1 aliphatic rings. The quantitative estimate of drug-likeness (QED) is 0.567. The highest BCUT2D eigenvalue weighted by Crippen LogP contribution is 2.35. The first-order chi connectivity index (χ1) is 4.68. The van der Waals surface area contributed by atoms with Gasteiger partial charge >= 0.3 is 0 Å². The smallest absolute Gasteiger partial charge is 0.0782 e. The average molecular weight is 163 g/mol. The molecule has 4 heteroatoms. The van der Waals surface area contributed by atoms with Gasteiger partial charge in [0.2, 0.25) is 0 Å². The number of hydrogen-bond acceptors (Lipinski definition) is 3. The number of hydrogen-bond donors (Lipinski definition) is 0. The Labute approximate surface area is 63.0 Å². The summed E-state index contributed by atoms with van der Waals surface area (Å²) in [6, 6.07) is 0. The van der Waals surface area contributed by atoms with E-state index in [2.05, 4.69) is 0 Å². The molecule has 0 aromatic carbocycles. The van der Waals surface area contributed by atoms with Crippen LogP contribution in [0.4, 0.5) is 0 Å². The summed E-state index contributed by atoms with van der Waals surface area (Å²) in [6.45, 7) is 0. The first-order valence-electron chi connectivity index (χ1n) is 3.30. The van der Waals surface area contributed by atoms with Crippen LogP contribution in [-0.4, -0.2) is 27.2 Å². The van der Waals surface area contributed by atoms with Crippen LogP contribution in [0.15, 0.2) is 0 Å². The molecule has 1 fully saturated rings. The number of ether oxygens (including phenoxy) is 1. The van der Waals surface area contributed by atoms with E-state index in [4.69, 9.17) is 4.74 Å². The molecule has 1 unspecified atom stereocenters. The Kier molecular flexibility index (Phi) is 2.44. The predicted molar refractivity (Wildman–Crippen MR) is 37.4 cm³/mol. The van der Waals surface area contributed by atoms with Crippen molar-refractivity contribution >= 4 is 11.1 Å². The van der Waals surface area contributed by atoms with E-state index in [1.807, 2.05) is 0 Å². The van der Waals surface area contributed by atoms with Crippen molar-refractivity contribution in [2.75, 3.05) is 12.9 Å². The molecular formula is C6H11O3S-. The summed E-state index contributed by atoms with van der Waals surface area (Å²) in [4.78, 5) is 0. The van der Waals surface area contributed by atoms with Gasteiger partial charge in [0.15, 0.2) is 0 Å². The molecule has 10 heavy (non-hydrogen) atoms. The monoisotopic (exact) mass is 163 g/mol. The maximum Gasteiger partial charge on any atom is 0.0782 e. The highest BCUT2D eigenvalue weighted by molar-refractivity contribution is 7.79. The summed E-state index contributed by atoms with van der Waals surface area (Å²) in [6.07, 6.45) is 2.86. The summed E-state index contributed by atoms with van der Waals surface area (Å²) >= 11 is -1.96. The molecule has 1 aliphatic carbocycles. The zero-order valence-electron chi connectivity index (χ0n) is 5.96. The lowest BCUT2D eigenvalue weighted by molar-refractivity contribution is -0.0527. The summed E-state index contributed by atoms with van der Waals surface area (Å²) < 4.78 is 25.7. The van der Waals surface area contributed by atoms with Crippen molar-refractivity contribution in [3.8, 4) is 0 Å². The molecule has 0 spiro atoms. The molecule has 0 N–H and O–H groups in total. The van der Waals surface area contributed by atoms with Crippen LogP contribution in [-0.2, 0) is 15.8 Å². The van der Waals surface area contributed by atoms with E-state index in [-0.39, 0.29) is 11.4 Å². The lowest BCUT2D eigenvalue weighted by atomic mass is 9.82. The van der Waals surface area contributed by atoms with Crippen molar-refractivity contribution in [3.05, 3.63) is 0 Å². The molecular weight excluding hydrogens is 152 g/mol. The average Bonchev–Trinajstić information content (AvgIpc) is 1.78. The van der Waals surface area contributed by atoms with Crippen molar-refractivity contribution in [2.45, 2.75) is 24.9 Å². The molecule has 60 valence electrons. The lowest BCUT2D eigenvalue weighted by Crippen LogP contribution is -2.44. The fourth-order valence-electron chi connectivity index (χ4n) is 1.19. The van der Waals surface area contributed by atoms with Crippen LogP contribution < -0.4 is 0 Å². The zero-order valence-corrected chi connectivity index (χ0v) is 6.78. The van der Waals surface area contributed by atoms with E-state index in [9.17, 15) is 8.76 Å². The molecule has 1 saturated carbocycles. The minimum absolute atomic E-state index is 0.156. The summed E-state index contributed by atoms with van der Waals surface area (Å²) in [7, 11) is 1.58. The van der Waals surface area contributed by atoms with Gasteiger partial charge in [-0.1, -0.05) is 11.1 Å². The summed E-state index contributed by atoms with van der Waals surface area (Å²) in [5, 5.41) is 0. The van der Waals surface area contributed by atoms with Crippen LogP contribution >= 0.6 is 0 Å². The highest BCUT2D eigenvalue weighted by Gasteiger charge is 2.36. The molecule has 0 aromatic rings. The Balaban J connectivity index is 2.40. The molecule has 0 heterocycles. The van der Waals surface area contributed by atoms with Crippen LogP contribution in [0.2, 0.25) is 0 Å². The minimum Gasteiger partial charge on any atom is -0.772 e. The second-order valence-electron chi connectivity index (χ2n) is 2.69. The fraction of sp³-hybridized carbons (Fsp3) is 1.00. The summed E-state index contributed by atoms with van der Waals surface area (Å²) in [5.41, 5.74) is -0.327. The molecule has 0 aliphatic heterocycles.